The van der Waals surface area contributed by atoms with Crippen molar-refractivity contribution >= 4 is 17.4 Å². The summed E-state index contributed by atoms with van der Waals surface area (Å²) >= 11 is 0. The highest BCUT2D eigenvalue weighted by Gasteiger charge is 2.28. The number of para-hydroxylation sites is 1. The van der Waals surface area contributed by atoms with Crippen LogP contribution in [-0.4, -0.2) is 66.4 Å². The molecule has 1 atom stereocenters. The lowest BCUT2D eigenvalue weighted by Crippen LogP contribution is -2.41. The SMILES string of the molecule is CC1Cc2ccccc2N1c1ccc(C(=O)NCCN2CCOCC2)nn1. The Hall–Kier alpha value is -2.51. The Morgan fingerprint density at radius 1 is 1.19 bits per heavy atom. The summed E-state index contributed by atoms with van der Waals surface area (Å²) in [7, 11) is 0. The van der Waals surface area contributed by atoms with E-state index in [0.29, 0.717) is 18.3 Å². The lowest BCUT2D eigenvalue weighted by Gasteiger charge is -2.26. The fraction of sp³-hybridized carbons (Fsp3) is 0.450. The Morgan fingerprint density at radius 2 is 2.00 bits per heavy atom. The van der Waals surface area contributed by atoms with Gasteiger partial charge in [-0.05, 0) is 37.1 Å². The third-order valence-electron chi connectivity index (χ3n) is 5.15. The average molecular weight is 367 g/mol. The van der Waals surface area contributed by atoms with E-state index in [1.165, 1.54) is 11.3 Å². The van der Waals surface area contributed by atoms with Gasteiger partial charge < -0.3 is 15.0 Å². The molecule has 0 radical (unpaired) electrons. The molecule has 2 aliphatic heterocycles. The zero-order chi connectivity index (χ0) is 18.6. The Bertz CT molecular complexity index is 789. The smallest absolute Gasteiger partial charge is 0.271 e. The van der Waals surface area contributed by atoms with E-state index in [9.17, 15) is 4.79 Å². The van der Waals surface area contributed by atoms with Gasteiger partial charge in [0.05, 0.1) is 13.2 Å². The largest absolute Gasteiger partial charge is 0.379 e. The van der Waals surface area contributed by atoms with Gasteiger partial charge in [-0.15, -0.1) is 10.2 Å². The highest BCUT2D eigenvalue weighted by molar-refractivity contribution is 5.92. The number of fused-ring (bicyclic) bond motifs is 1. The standard InChI is InChI=1S/C20H25N5O2/c1-15-14-16-4-2-3-5-18(16)25(15)19-7-6-17(22-23-19)20(26)21-8-9-24-10-12-27-13-11-24/h2-7,15H,8-14H2,1H3,(H,21,26). The number of anilines is 2. The van der Waals surface area contributed by atoms with Crippen molar-refractivity contribution in [3.05, 3.63) is 47.7 Å². The molecule has 0 bridgehead atoms. The monoisotopic (exact) mass is 367 g/mol. The maximum atomic E-state index is 12.3. The number of nitrogens with zero attached hydrogens (tertiary/aromatic N) is 4. The summed E-state index contributed by atoms with van der Waals surface area (Å²) in [5.74, 6) is 0.592. The predicted molar refractivity (Wildman–Crippen MR) is 103 cm³/mol. The van der Waals surface area contributed by atoms with Gasteiger partial charge in [-0.2, -0.15) is 0 Å². The van der Waals surface area contributed by atoms with Crippen LogP contribution in [0, 0.1) is 0 Å². The van der Waals surface area contributed by atoms with Crippen LogP contribution >= 0.6 is 0 Å². The molecule has 1 saturated heterocycles. The van der Waals surface area contributed by atoms with Gasteiger partial charge in [-0.3, -0.25) is 9.69 Å². The van der Waals surface area contributed by atoms with Crippen LogP contribution in [-0.2, 0) is 11.2 Å². The lowest BCUT2D eigenvalue weighted by molar-refractivity contribution is 0.0383. The van der Waals surface area contributed by atoms with Gasteiger partial charge in [0.15, 0.2) is 11.5 Å². The third-order valence-corrected chi connectivity index (χ3v) is 5.15. The first kappa shape index (κ1) is 17.9. The minimum absolute atomic E-state index is 0.183. The third kappa shape index (κ3) is 3.94. The van der Waals surface area contributed by atoms with Gasteiger partial charge in [0.1, 0.15) is 0 Å². The minimum atomic E-state index is -0.183. The van der Waals surface area contributed by atoms with E-state index in [-0.39, 0.29) is 5.91 Å². The Balaban J connectivity index is 1.36. The lowest BCUT2D eigenvalue weighted by atomic mass is 10.1. The van der Waals surface area contributed by atoms with E-state index < -0.39 is 0 Å². The highest BCUT2D eigenvalue weighted by atomic mass is 16.5. The van der Waals surface area contributed by atoms with E-state index in [1.54, 1.807) is 6.07 Å². The number of carbonyl (C=O) groups excluding carboxylic acids is 1. The van der Waals surface area contributed by atoms with Crippen molar-refractivity contribution in [1.82, 2.24) is 20.4 Å². The first-order valence-corrected chi connectivity index (χ1v) is 9.51. The van der Waals surface area contributed by atoms with Gasteiger partial charge in [-0.1, -0.05) is 18.2 Å². The molecule has 142 valence electrons. The highest BCUT2D eigenvalue weighted by Crippen LogP contribution is 2.36. The number of amides is 1. The van der Waals surface area contributed by atoms with Crippen LogP contribution in [0.5, 0.6) is 0 Å². The molecule has 1 N–H and O–H groups in total. The Labute approximate surface area is 159 Å². The van der Waals surface area contributed by atoms with Gasteiger partial charge in [0, 0.05) is 37.9 Å². The van der Waals surface area contributed by atoms with Gasteiger partial charge in [0.2, 0.25) is 0 Å². The van der Waals surface area contributed by atoms with Crippen molar-refractivity contribution in [2.24, 2.45) is 0 Å². The number of ether oxygens (including phenoxy) is 1. The molecule has 27 heavy (non-hydrogen) atoms. The van der Waals surface area contributed by atoms with E-state index in [2.05, 4.69) is 50.4 Å². The van der Waals surface area contributed by atoms with Crippen LogP contribution in [0.15, 0.2) is 36.4 Å². The second kappa shape index (κ2) is 8.02. The number of rotatable bonds is 5. The summed E-state index contributed by atoms with van der Waals surface area (Å²) in [6, 6.07) is 12.3. The average Bonchev–Trinajstić information content (AvgIpc) is 3.04. The van der Waals surface area contributed by atoms with Crippen LogP contribution in [0.1, 0.15) is 23.0 Å². The predicted octanol–water partition coefficient (Wildman–Crippen LogP) is 1.62. The van der Waals surface area contributed by atoms with Crippen molar-refractivity contribution in [3.63, 3.8) is 0 Å². The van der Waals surface area contributed by atoms with Crippen molar-refractivity contribution < 1.29 is 9.53 Å². The van der Waals surface area contributed by atoms with Crippen molar-refractivity contribution in [2.45, 2.75) is 19.4 Å². The van der Waals surface area contributed by atoms with Crippen LogP contribution in [0.25, 0.3) is 0 Å². The summed E-state index contributed by atoms with van der Waals surface area (Å²) in [5, 5.41) is 11.4. The van der Waals surface area contributed by atoms with E-state index >= 15 is 0 Å². The van der Waals surface area contributed by atoms with Crippen LogP contribution in [0.3, 0.4) is 0 Å². The molecule has 0 aliphatic carbocycles. The molecular formula is C20H25N5O2. The van der Waals surface area contributed by atoms with E-state index in [4.69, 9.17) is 4.74 Å². The number of morpholine rings is 1. The summed E-state index contributed by atoms with van der Waals surface area (Å²) in [5.41, 5.74) is 2.83. The number of benzene rings is 1. The molecule has 3 heterocycles. The first-order valence-electron chi connectivity index (χ1n) is 9.51. The van der Waals surface area contributed by atoms with E-state index in [0.717, 1.165) is 45.1 Å². The molecule has 7 heteroatoms. The van der Waals surface area contributed by atoms with Crippen LogP contribution < -0.4 is 10.2 Å². The summed E-state index contributed by atoms with van der Waals surface area (Å²) in [6.07, 6.45) is 0.988. The first-order chi connectivity index (χ1) is 13.2. The van der Waals surface area contributed by atoms with Crippen molar-refractivity contribution in [3.8, 4) is 0 Å². The summed E-state index contributed by atoms with van der Waals surface area (Å²) in [6.45, 7) is 6.95. The van der Waals surface area contributed by atoms with Crippen LogP contribution in [0.2, 0.25) is 0 Å². The van der Waals surface area contributed by atoms with Crippen molar-refractivity contribution in [1.29, 1.82) is 0 Å². The molecule has 1 amide bonds. The molecule has 1 unspecified atom stereocenters. The molecule has 0 spiro atoms. The molecule has 2 aliphatic rings. The number of aromatic nitrogens is 2. The van der Waals surface area contributed by atoms with Gasteiger partial charge in [-0.25, -0.2) is 0 Å². The summed E-state index contributed by atoms with van der Waals surface area (Å²) < 4.78 is 5.33. The fourth-order valence-corrected chi connectivity index (χ4v) is 3.73. The normalized spacial score (nSPS) is 19.7. The fourth-order valence-electron chi connectivity index (χ4n) is 3.73. The molecule has 1 aromatic carbocycles. The van der Waals surface area contributed by atoms with E-state index in [1.807, 2.05) is 12.1 Å². The molecular weight excluding hydrogens is 342 g/mol. The van der Waals surface area contributed by atoms with Crippen LogP contribution in [0.4, 0.5) is 11.5 Å². The topological polar surface area (TPSA) is 70.6 Å². The molecule has 7 nitrogen and oxygen atoms in total. The number of nitrogens with one attached hydrogen (secondary N) is 1. The second-order valence-electron chi connectivity index (χ2n) is 7.04. The quantitative estimate of drug-likeness (QED) is 0.866. The Morgan fingerprint density at radius 3 is 2.78 bits per heavy atom. The number of carbonyl (C=O) groups is 1. The van der Waals surface area contributed by atoms with Crippen molar-refractivity contribution in [2.75, 3.05) is 44.3 Å². The number of hydrogen-bond donors (Lipinski definition) is 1. The molecule has 2 aromatic rings. The minimum Gasteiger partial charge on any atom is -0.379 e. The van der Waals surface area contributed by atoms with Gasteiger partial charge >= 0.3 is 0 Å². The molecule has 4 rings (SSSR count). The molecule has 1 aromatic heterocycles. The van der Waals surface area contributed by atoms with Gasteiger partial charge in [0.25, 0.3) is 5.91 Å². The second-order valence-corrected chi connectivity index (χ2v) is 7.04. The molecule has 1 fully saturated rings. The maximum Gasteiger partial charge on any atom is 0.271 e. The zero-order valence-electron chi connectivity index (χ0n) is 15.6. The summed E-state index contributed by atoms with van der Waals surface area (Å²) in [4.78, 5) is 16.8. The molecule has 0 saturated carbocycles. The maximum absolute atomic E-state index is 12.3. The zero-order valence-corrected chi connectivity index (χ0v) is 15.6. The number of hydrogen-bond acceptors (Lipinski definition) is 6. The Kier molecular flexibility index (Phi) is 5.31.